The Bertz CT molecular complexity index is 772. The standard InChI is InChI=1S/C18H19ClN4O3/c19-14-1-5-16(6-2-14)21-9-11-22(12-10-21)18(24)13-20-15-3-7-17(8-4-15)23(25)26/h1-8,20H,9-13H2. The Morgan fingerprint density at radius 2 is 1.65 bits per heavy atom. The molecule has 0 saturated carbocycles. The molecule has 1 heterocycles. The molecule has 1 N–H and O–H groups in total. The zero-order valence-electron chi connectivity index (χ0n) is 14.1. The second-order valence-corrected chi connectivity index (χ2v) is 6.44. The van der Waals surface area contributed by atoms with Gasteiger partial charge in [-0.25, -0.2) is 0 Å². The Morgan fingerprint density at radius 1 is 1.04 bits per heavy atom. The molecule has 3 rings (SSSR count). The Hall–Kier alpha value is -2.80. The minimum atomic E-state index is -0.449. The van der Waals surface area contributed by atoms with Crippen LogP contribution in [0.2, 0.25) is 5.02 Å². The van der Waals surface area contributed by atoms with Crippen molar-refractivity contribution in [2.24, 2.45) is 0 Å². The molecule has 1 aliphatic rings. The molecular formula is C18H19ClN4O3. The van der Waals surface area contributed by atoms with Crippen molar-refractivity contribution in [1.82, 2.24) is 4.90 Å². The lowest BCUT2D eigenvalue weighted by Crippen LogP contribution is -2.50. The van der Waals surface area contributed by atoms with Crippen molar-refractivity contribution in [2.45, 2.75) is 0 Å². The number of nitrogens with zero attached hydrogens (tertiary/aromatic N) is 3. The summed E-state index contributed by atoms with van der Waals surface area (Å²) in [6, 6.07) is 13.7. The number of non-ortho nitro benzene ring substituents is 1. The van der Waals surface area contributed by atoms with Gasteiger partial charge >= 0.3 is 0 Å². The van der Waals surface area contributed by atoms with E-state index >= 15 is 0 Å². The summed E-state index contributed by atoms with van der Waals surface area (Å²) in [5.41, 5.74) is 1.81. The molecule has 0 radical (unpaired) electrons. The molecule has 0 aromatic heterocycles. The van der Waals surface area contributed by atoms with Crippen LogP contribution in [0, 0.1) is 10.1 Å². The third kappa shape index (κ3) is 4.43. The molecule has 0 bridgehead atoms. The van der Waals surface area contributed by atoms with Crippen LogP contribution < -0.4 is 10.2 Å². The van der Waals surface area contributed by atoms with Gasteiger partial charge in [-0.05, 0) is 36.4 Å². The van der Waals surface area contributed by atoms with Crippen LogP contribution in [-0.4, -0.2) is 48.5 Å². The topological polar surface area (TPSA) is 78.7 Å². The van der Waals surface area contributed by atoms with Gasteiger partial charge in [0.05, 0.1) is 11.5 Å². The predicted octanol–water partition coefficient (Wildman–Crippen LogP) is 3.01. The first-order chi connectivity index (χ1) is 12.5. The smallest absolute Gasteiger partial charge is 0.269 e. The van der Waals surface area contributed by atoms with Crippen molar-refractivity contribution in [3.05, 3.63) is 63.7 Å². The summed E-state index contributed by atoms with van der Waals surface area (Å²) in [6.07, 6.45) is 0. The number of hydrogen-bond acceptors (Lipinski definition) is 5. The SMILES string of the molecule is O=C(CNc1ccc([N+](=O)[O-])cc1)N1CCN(c2ccc(Cl)cc2)CC1. The highest BCUT2D eigenvalue weighted by Crippen LogP contribution is 2.20. The van der Waals surface area contributed by atoms with Crippen LogP contribution in [0.5, 0.6) is 0 Å². The van der Waals surface area contributed by atoms with Gasteiger partial charge in [0.25, 0.3) is 5.69 Å². The number of carbonyl (C=O) groups is 1. The number of benzene rings is 2. The van der Waals surface area contributed by atoms with E-state index in [1.165, 1.54) is 12.1 Å². The molecule has 0 spiro atoms. The van der Waals surface area contributed by atoms with E-state index in [2.05, 4.69) is 10.2 Å². The van der Waals surface area contributed by atoms with Gasteiger partial charge in [-0.15, -0.1) is 0 Å². The zero-order valence-corrected chi connectivity index (χ0v) is 14.9. The molecule has 2 aromatic carbocycles. The maximum Gasteiger partial charge on any atom is 0.269 e. The Labute approximate surface area is 156 Å². The minimum Gasteiger partial charge on any atom is -0.376 e. The molecule has 0 atom stereocenters. The Morgan fingerprint density at radius 3 is 2.23 bits per heavy atom. The van der Waals surface area contributed by atoms with Crippen LogP contribution in [0.4, 0.5) is 17.1 Å². The molecule has 1 aliphatic heterocycles. The normalized spacial score (nSPS) is 14.2. The molecule has 2 aromatic rings. The van der Waals surface area contributed by atoms with Gasteiger partial charge in [0, 0.05) is 54.7 Å². The lowest BCUT2D eigenvalue weighted by molar-refractivity contribution is -0.384. The lowest BCUT2D eigenvalue weighted by atomic mass is 10.2. The lowest BCUT2D eigenvalue weighted by Gasteiger charge is -2.36. The van der Waals surface area contributed by atoms with E-state index in [0.717, 1.165) is 18.8 Å². The molecule has 26 heavy (non-hydrogen) atoms. The van der Waals surface area contributed by atoms with Crippen molar-refractivity contribution in [1.29, 1.82) is 0 Å². The molecule has 1 amide bonds. The number of rotatable bonds is 5. The minimum absolute atomic E-state index is 0.0131. The maximum absolute atomic E-state index is 12.4. The van der Waals surface area contributed by atoms with Crippen LogP contribution >= 0.6 is 11.6 Å². The summed E-state index contributed by atoms with van der Waals surface area (Å²) in [7, 11) is 0. The molecule has 7 nitrogen and oxygen atoms in total. The van der Waals surface area contributed by atoms with Crippen molar-refractivity contribution in [2.75, 3.05) is 42.9 Å². The predicted molar refractivity (Wildman–Crippen MR) is 102 cm³/mol. The largest absolute Gasteiger partial charge is 0.376 e. The van der Waals surface area contributed by atoms with Gasteiger partial charge in [0.1, 0.15) is 0 Å². The van der Waals surface area contributed by atoms with Gasteiger partial charge in [-0.1, -0.05) is 11.6 Å². The monoisotopic (exact) mass is 374 g/mol. The highest BCUT2D eigenvalue weighted by Gasteiger charge is 2.21. The van der Waals surface area contributed by atoms with E-state index in [9.17, 15) is 14.9 Å². The third-order valence-corrected chi connectivity index (χ3v) is 4.60. The molecule has 0 unspecified atom stereocenters. The average molecular weight is 375 g/mol. The summed E-state index contributed by atoms with van der Waals surface area (Å²) < 4.78 is 0. The van der Waals surface area contributed by atoms with Crippen molar-refractivity contribution in [3.8, 4) is 0 Å². The quantitative estimate of drug-likeness (QED) is 0.643. The number of anilines is 2. The van der Waals surface area contributed by atoms with E-state index in [1.54, 1.807) is 12.1 Å². The molecule has 136 valence electrons. The molecule has 8 heteroatoms. The fourth-order valence-corrected chi connectivity index (χ4v) is 2.98. The summed E-state index contributed by atoms with van der Waals surface area (Å²) in [4.78, 5) is 26.6. The van der Waals surface area contributed by atoms with Gasteiger partial charge in [-0.3, -0.25) is 14.9 Å². The number of nitro benzene ring substituents is 1. The molecule has 0 aliphatic carbocycles. The van der Waals surface area contributed by atoms with Crippen molar-refractivity contribution < 1.29 is 9.72 Å². The first-order valence-corrected chi connectivity index (χ1v) is 8.67. The number of piperazine rings is 1. The number of halogens is 1. The zero-order chi connectivity index (χ0) is 18.5. The van der Waals surface area contributed by atoms with E-state index < -0.39 is 4.92 Å². The summed E-state index contributed by atoms with van der Waals surface area (Å²) in [6.45, 7) is 3.02. The van der Waals surface area contributed by atoms with Crippen LogP contribution in [0.15, 0.2) is 48.5 Å². The second-order valence-electron chi connectivity index (χ2n) is 6.00. The summed E-state index contributed by atoms with van der Waals surface area (Å²) >= 11 is 5.91. The van der Waals surface area contributed by atoms with E-state index in [1.807, 2.05) is 29.2 Å². The van der Waals surface area contributed by atoms with Crippen LogP contribution in [0.1, 0.15) is 0 Å². The fraction of sp³-hybridized carbons (Fsp3) is 0.278. The second kappa shape index (κ2) is 8.05. The molecular weight excluding hydrogens is 356 g/mol. The number of nitro groups is 1. The van der Waals surface area contributed by atoms with E-state index in [4.69, 9.17) is 11.6 Å². The van der Waals surface area contributed by atoms with Crippen molar-refractivity contribution >= 4 is 34.6 Å². The van der Waals surface area contributed by atoms with Crippen LogP contribution in [0.3, 0.4) is 0 Å². The first kappa shape index (κ1) is 18.0. The third-order valence-electron chi connectivity index (χ3n) is 4.35. The maximum atomic E-state index is 12.4. The van der Waals surface area contributed by atoms with E-state index in [0.29, 0.717) is 23.8 Å². The molecule has 1 saturated heterocycles. The van der Waals surface area contributed by atoms with Gasteiger partial charge in [-0.2, -0.15) is 0 Å². The fourth-order valence-electron chi connectivity index (χ4n) is 2.86. The van der Waals surface area contributed by atoms with Gasteiger partial charge in [0.15, 0.2) is 0 Å². The average Bonchev–Trinajstić information content (AvgIpc) is 2.67. The molecule has 1 fully saturated rings. The number of hydrogen-bond donors (Lipinski definition) is 1. The van der Waals surface area contributed by atoms with Crippen LogP contribution in [0.25, 0.3) is 0 Å². The highest BCUT2D eigenvalue weighted by atomic mass is 35.5. The van der Waals surface area contributed by atoms with Gasteiger partial charge in [0.2, 0.25) is 5.91 Å². The summed E-state index contributed by atoms with van der Waals surface area (Å²) in [5, 5.41) is 14.4. The Kier molecular flexibility index (Phi) is 5.58. The summed E-state index contributed by atoms with van der Waals surface area (Å²) in [5.74, 6) is 0.0131. The van der Waals surface area contributed by atoms with Crippen molar-refractivity contribution in [3.63, 3.8) is 0 Å². The highest BCUT2D eigenvalue weighted by molar-refractivity contribution is 6.30. The number of carbonyl (C=O) groups excluding carboxylic acids is 1. The Balaban J connectivity index is 1.47. The first-order valence-electron chi connectivity index (χ1n) is 8.29. The number of nitrogens with one attached hydrogen (secondary N) is 1. The van der Waals surface area contributed by atoms with E-state index in [-0.39, 0.29) is 18.1 Å². The number of amides is 1. The van der Waals surface area contributed by atoms with Crippen LogP contribution in [-0.2, 0) is 4.79 Å². The van der Waals surface area contributed by atoms with Gasteiger partial charge < -0.3 is 15.1 Å².